The molecule has 0 aliphatic heterocycles. The molecule has 29 heavy (non-hydrogen) atoms. The van der Waals surface area contributed by atoms with Gasteiger partial charge in [0.05, 0.1) is 33.5 Å². The molecule has 8 heteroatoms. The van der Waals surface area contributed by atoms with Crippen molar-refractivity contribution in [2.75, 3.05) is 10.0 Å². The van der Waals surface area contributed by atoms with E-state index in [0.29, 0.717) is 16.7 Å². The normalized spacial score (nSPS) is 11.2. The van der Waals surface area contributed by atoms with Gasteiger partial charge < -0.3 is 5.32 Å². The molecule has 1 aromatic heterocycles. The Morgan fingerprint density at radius 3 is 2.14 bits per heavy atom. The Morgan fingerprint density at radius 1 is 0.759 bits per heavy atom. The summed E-state index contributed by atoms with van der Waals surface area (Å²) < 4.78 is 27.7. The van der Waals surface area contributed by atoms with Gasteiger partial charge in [-0.2, -0.15) is 0 Å². The molecule has 2 N–H and O–H groups in total. The Kier molecular flexibility index (Phi) is 4.92. The molecule has 4 aromatic rings. The molecule has 4 rings (SSSR count). The molecule has 0 atom stereocenters. The minimum Gasteiger partial charge on any atom is -0.319 e. The molecule has 0 fully saturated rings. The molecule has 0 bridgehead atoms. The minimum atomic E-state index is -3.79. The largest absolute Gasteiger partial charge is 0.319 e. The molecule has 0 radical (unpaired) electrons. The molecule has 7 nitrogen and oxygen atoms in total. The summed E-state index contributed by atoms with van der Waals surface area (Å²) in [5.41, 5.74) is 1.97. The van der Waals surface area contributed by atoms with Gasteiger partial charge in [-0.3, -0.25) is 14.5 Å². The Morgan fingerprint density at radius 2 is 1.38 bits per heavy atom. The molecule has 3 aromatic carbocycles. The first-order valence-corrected chi connectivity index (χ1v) is 10.2. The summed E-state index contributed by atoms with van der Waals surface area (Å²) >= 11 is 0. The lowest BCUT2D eigenvalue weighted by molar-refractivity contribution is 0.102. The van der Waals surface area contributed by atoms with E-state index in [1.807, 2.05) is 12.1 Å². The summed E-state index contributed by atoms with van der Waals surface area (Å²) in [4.78, 5) is 21.3. The number of carbonyl (C=O) groups is 1. The molecule has 1 amide bonds. The fourth-order valence-corrected chi connectivity index (χ4v) is 3.84. The first-order valence-electron chi connectivity index (χ1n) is 8.73. The van der Waals surface area contributed by atoms with Gasteiger partial charge in [0.1, 0.15) is 5.69 Å². The van der Waals surface area contributed by atoms with E-state index < -0.39 is 15.9 Å². The summed E-state index contributed by atoms with van der Waals surface area (Å²) in [7, 11) is -3.79. The number of benzene rings is 3. The molecule has 144 valence electrons. The Bertz CT molecular complexity index is 1290. The van der Waals surface area contributed by atoms with E-state index in [1.54, 1.807) is 54.6 Å². The van der Waals surface area contributed by atoms with E-state index in [4.69, 9.17) is 0 Å². The number of fused-ring (bicyclic) bond motifs is 1. The van der Waals surface area contributed by atoms with Crippen molar-refractivity contribution in [3.8, 4) is 0 Å². The number of sulfonamides is 1. The van der Waals surface area contributed by atoms with Crippen molar-refractivity contribution in [1.82, 2.24) is 9.97 Å². The highest BCUT2D eigenvalue weighted by molar-refractivity contribution is 7.92. The highest BCUT2D eigenvalue weighted by Gasteiger charge is 2.17. The van der Waals surface area contributed by atoms with E-state index in [1.165, 1.54) is 18.3 Å². The van der Waals surface area contributed by atoms with Crippen molar-refractivity contribution in [3.05, 3.63) is 90.8 Å². The molecule has 0 spiro atoms. The van der Waals surface area contributed by atoms with Crippen molar-refractivity contribution in [2.24, 2.45) is 0 Å². The second-order valence-electron chi connectivity index (χ2n) is 6.16. The number of aromatic nitrogens is 2. The molecule has 0 aliphatic carbocycles. The zero-order chi connectivity index (χ0) is 20.3. The monoisotopic (exact) mass is 404 g/mol. The van der Waals surface area contributed by atoms with Crippen molar-refractivity contribution in [1.29, 1.82) is 0 Å². The van der Waals surface area contributed by atoms with Gasteiger partial charge in [-0.1, -0.05) is 42.5 Å². The molecule has 1 heterocycles. The standard InChI is InChI=1S/C21H16N4O3S/c26-21(20-14-22-16-10-4-5-11-17(16)23-20)24-18-12-6-7-13-19(18)25-29(27,28)15-8-2-1-3-9-15/h1-14,25H,(H,24,26). The maximum absolute atomic E-state index is 12.7. The molecule has 0 unspecified atom stereocenters. The summed E-state index contributed by atoms with van der Waals surface area (Å²) in [6, 6.07) is 21.8. The van der Waals surface area contributed by atoms with Crippen LogP contribution in [0.1, 0.15) is 10.5 Å². The lowest BCUT2D eigenvalue weighted by Gasteiger charge is -2.13. The van der Waals surface area contributed by atoms with E-state index >= 15 is 0 Å². The predicted octanol–water partition coefficient (Wildman–Crippen LogP) is 3.68. The van der Waals surface area contributed by atoms with Gasteiger partial charge in [-0.05, 0) is 36.4 Å². The van der Waals surface area contributed by atoms with E-state index in [9.17, 15) is 13.2 Å². The molecular weight excluding hydrogens is 388 g/mol. The Balaban J connectivity index is 1.60. The smallest absolute Gasteiger partial charge is 0.275 e. The van der Waals surface area contributed by atoms with Crippen LogP contribution >= 0.6 is 0 Å². The summed E-state index contributed by atoms with van der Waals surface area (Å²) in [5, 5.41) is 2.70. The van der Waals surface area contributed by atoms with Crippen molar-refractivity contribution in [3.63, 3.8) is 0 Å². The van der Waals surface area contributed by atoms with E-state index in [-0.39, 0.29) is 16.3 Å². The van der Waals surface area contributed by atoms with Crippen LogP contribution in [0.25, 0.3) is 11.0 Å². The zero-order valence-electron chi connectivity index (χ0n) is 15.1. The highest BCUT2D eigenvalue weighted by Crippen LogP contribution is 2.25. The van der Waals surface area contributed by atoms with Crippen LogP contribution in [0.2, 0.25) is 0 Å². The fourth-order valence-electron chi connectivity index (χ4n) is 2.74. The number of para-hydroxylation sites is 4. The third-order valence-electron chi connectivity index (χ3n) is 4.15. The van der Waals surface area contributed by atoms with Crippen LogP contribution in [-0.4, -0.2) is 24.3 Å². The summed E-state index contributed by atoms with van der Waals surface area (Å²) in [6.45, 7) is 0. The van der Waals surface area contributed by atoms with Crippen molar-refractivity contribution in [2.45, 2.75) is 4.90 Å². The maximum Gasteiger partial charge on any atom is 0.275 e. The first-order chi connectivity index (χ1) is 14.0. The molecule has 0 aliphatic rings. The van der Waals surface area contributed by atoms with Gasteiger partial charge in [-0.25, -0.2) is 13.4 Å². The lowest BCUT2D eigenvalue weighted by atomic mass is 10.2. The number of anilines is 2. The SMILES string of the molecule is O=C(Nc1ccccc1NS(=O)(=O)c1ccccc1)c1cnc2ccccc2n1. The molecule has 0 saturated carbocycles. The zero-order valence-corrected chi connectivity index (χ0v) is 15.9. The first kappa shape index (κ1) is 18.6. The van der Waals surface area contributed by atoms with Crippen LogP contribution in [0.4, 0.5) is 11.4 Å². The topological polar surface area (TPSA) is 101 Å². The van der Waals surface area contributed by atoms with Gasteiger partial charge in [0.15, 0.2) is 0 Å². The molecule has 0 saturated heterocycles. The number of nitrogens with one attached hydrogen (secondary N) is 2. The van der Waals surface area contributed by atoms with Crippen LogP contribution in [0.15, 0.2) is 90.0 Å². The van der Waals surface area contributed by atoms with Crippen LogP contribution in [0, 0.1) is 0 Å². The van der Waals surface area contributed by atoms with Crippen LogP contribution < -0.4 is 10.0 Å². The van der Waals surface area contributed by atoms with Crippen LogP contribution in [-0.2, 0) is 10.0 Å². The van der Waals surface area contributed by atoms with Crippen LogP contribution in [0.5, 0.6) is 0 Å². The van der Waals surface area contributed by atoms with Gasteiger partial charge in [0.25, 0.3) is 15.9 Å². The average molecular weight is 404 g/mol. The number of hydrogen-bond acceptors (Lipinski definition) is 5. The summed E-state index contributed by atoms with van der Waals surface area (Å²) in [6.07, 6.45) is 1.38. The third-order valence-corrected chi connectivity index (χ3v) is 5.54. The van der Waals surface area contributed by atoms with Crippen LogP contribution in [0.3, 0.4) is 0 Å². The fraction of sp³-hybridized carbons (Fsp3) is 0. The highest BCUT2D eigenvalue weighted by atomic mass is 32.2. The second kappa shape index (κ2) is 7.69. The third kappa shape index (κ3) is 4.07. The van der Waals surface area contributed by atoms with Gasteiger partial charge >= 0.3 is 0 Å². The van der Waals surface area contributed by atoms with Gasteiger partial charge in [-0.15, -0.1) is 0 Å². The maximum atomic E-state index is 12.7. The van der Waals surface area contributed by atoms with Gasteiger partial charge in [0, 0.05) is 0 Å². The van der Waals surface area contributed by atoms with Gasteiger partial charge in [0.2, 0.25) is 0 Å². The molecular formula is C21H16N4O3S. The lowest BCUT2D eigenvalue weighted by Crippen LogP contribution is -2.18. The quantitative estimate of drug-likeness (QED) is 0.528. The Hall–Kier alpha value is -3.78. The number of rotatable bonds is 5. The minimum absolute atomic E-state index is 0.126. The number of hydrogen-bond donors (Lipinski definition) is 2. The second-order valence-corrected chi connectivity index (χ2v) is 7.84. The number of carbonyl (C=O) groups excluding carboxylic acids is 1. The summed E-state index contributed by atoms with van der Waals surface area (Å²) in [5.74, 6) is -0.491. The predicted molar refractivity (Wildman–Crippen MR) is 111 cm³/mol. The van der Waals surface area contributed by atoms with Crippen molar-refractivity contribution >= 4 is 38.3 Å². The number of nitrogens with zero attached hydrogens (tertiary/aromatic N) is 2. The number of amides is 1. The average Bonchev–Trinajstić information content (AvgIpc) is 2.75. The Labute approximate surface area is 167 Å². The van der Waals surface area contributed by atoms with Crippen molar-refractivity contribution < 1.29 is 13.2 Å². The van der Waals surface area contributed by atoms with E-state index in [0.717, 1.165) is 0 Å². The van der Waals surface area contributed by atoms with E-state index in [2.05, 4.69) is 20.0 Å².